The number of benzene rings is 1. The molecule has 19 heavy (non-hydrogen) atoms. The minimum absolute atomic E-state index is 0.0812. The molecule has 0 unspecified atom stereocenters. The van der Waals surface area contributed by atoms with E-state index < -0.39 is 5.97 Å². The highest BCUT2D eigenvalue weighted by atomic mass is 79.9. The quantitative estimate of drug-likeness (QED) is 0.865. The number of aromatic carboxylic acids is 1. The van der Waals surface area contributed by atoms with E-state index in [4.69, 9.17) is 16.7 Å². The molecule has 0 aliphatic carbocycles. The lowest BCUT2D eigenvalue weighted by Gasteiger charge is -2.08. The number of thiophene rings is 1. The van der Waals surface area contributed by atoms with E-state index in [0.717, 1.165) is 3.79 Å². The van der Waals surface area contributed by atoms with Crippen LogP contribution in [0.25, 0.3) is 0 Å². The summed E-state index contributed by atoms with van der Waals surface area (Å²) in [6.07, 6.45) is 0. The number of hydrogen-bond donors (Lipinski definition) is 2. The molecule has 0 saturated carbocycles. The maximum absolute atomic E-state index is 12.0. The topological polar surface area (TPSA) is 66.4 Å². The van der Waals surface area contributed by atoms with E-state index in [9.17, 15) is 9.59 Å². The first-order valence-corrected chi connectivity index (χ1v) is 7.06. The van der Waals surface area contributed by atoms with Gasteiger partial charge in [0.05, 0.1) is 19.4 Å². The summed E-state index contributed by atoms with van der Waals surface area (Å²) < 4.78 is 0.821. The molecule has 0 saturated heterocycles. The summed E-state index contributed by atoms with van der Waals surface area (Å²) in [5, 5.41) is 11.7. The van der Waals surface area contributed by atoms with Gasteiger partial charge in [-0.1, -0.05) is 17.7 Å². The number of carbonyl (C=O) groups is 2. The zero-order valence-corrected chi connectivity index (χ0v) is 12.5. The second-order valence-corrected chi connectivity index (χ2v) is 6.40. The first kappa shape index (κ1) is 14.0. The zero-order valence-electron chi connectivity index (χ0n) is 9.31. The van der Waals surface area contributed by atoms with Crippen molar-refractivity contribution in [2.45, 2.75) is 0 Å². The number of carboxylic acids is 1. The van der Waals surface area contributed by atoms with Gasteiger partial charge in [0.25, 0.3) is 5.91 Å². The lowest BCUT2D eigenvalue weighted by atomic mass is 10.1. The van der Waals surface area contributed by atoms with Crippen LogP contribution in [0, 0.1) is 0 Å². The van der Waals surface area contributed by atoms with Crippen molar-refractivity contribution in [3.05, 3.63) is 49.6 Å². The van der Waals surface area contributed by atoms with Crippen molar-refractivity contribution < 1.29 is 14.7 Å². The number of amides is 1. The first-order valence-electron chi connectivity index (χ1n) is 5.07. The minimum atomic E-state index is -1.19. The third-order valence-electron chi connectivity index (χ3n) is 2.27. The average Bonchev–Trinajstić information content (AvgIpc) is 2.75. The Kier molecular flexibility index (Phi) is 4.24. The first-order chi connectivity index (χ1) is 8.99. The van der Waals surface area contributed by atoms with Gasteiger partial charge < -0.3 is 10.4 Å². The molecule has 1 aromatic carbocycles. The summed E-state index contributed by atoms with van der Waals surface area (Å²) in [6, 6.07) is 7.93. The molecule has 2 N–H and O–H groups in total. The normalized spacial score (nSPS) is 10.2. The number of halogens is 2. The summed E-state index contributed by atoms with van der Waals surface area (Å²) in [5.41, 5.74) is 0.0580. The van der Waals surface area contributed by atoms with Crippen molar-refractivity contribution in [2.75, 3.05) is 5.32 Å². The highest BCUT2D eigenvalue weighted by molar-refractivity contribution is 9.11. The van der Waals surface area contributed by atoms with Crippen LogP contribution in [0.2, 0.25) is 5.02 Å². The number of anilines is 1. The number of nitrogens with one attached hydrogen (secondary N) is 1. The van der Waals surface area contributed by atoms with Crippen LogP contribution in [-0.2, 0) is 0 Å². The van der Waals surface area contributed by atoms with Crippen molar-refractivity contribution in [3.8, 4) is 0 Å². The van der Waals surface area contributed by atoms with E-state index >= 15 is 0 Å². The molecular formula is C12H7BrClNO3S. The molecule has 0 aliphatic heterocycles. The average molecular weight is 361 g/mol. The van der Waals surface area contributed by atoms with Crippen LogP contribution < -0.4 is 5.32 Å². The molecule has 0 fully saturated rings. The van der Waals surface area contributed by atoms with Gasteiger partial charge in [0.2, 0.25) is 0 Å². The van der Waals surface area contributed by atoms with Gasteiger partial charge >= 0.3 is 5.97 Å². The Hall–Kier alpha value is -1.37. The Morgan fingerprint density at radius 1 is 1.26 bits per heavy atom. The van der Waals surface area contributed by atoms with Gasteiger partial charge in [-0.15, -0.1) is 11.3 Å². The summed E-state index contributed by atoms with van der Waals surface area (Å²) in [6.45, 7) is 0. The van der Waals surface area contributed by atoms with Crippen LogP contribution in [0.5, 0.6) is 0 Å². The number of carboxylic acid groups (broad SMARTS) is 1. The molecule has 2 aromatic rings. The van der Waals surface area contributed by atoms with Crippen molar-refractivity contribution in [1.82, 2.24) is 0 Å². The Balaban J connectivity index is 2.31. The molecule has 2 rings (SSSR count). The van der Waals surface area contributed by atoms with Gasteiger partial charge in [-0.2, -0.15) is 0 Å². The summed E-state index contributed by atoms with van der Waals surface area (Å²) in [4.78, 5) is 23.6. The van der Waals surface area contributed by atoms with E-state index in [1.54, 1.807) is 18.2 Å². The Bertz CT molecular complexity index is 656. The van der Waals surface area contributed by atoms with E-state index in [-0.39, 0.29) is 22.2 Å². The number of rotatable bonds is 3. The van der Waals surface area contributed by atoms with Crippen LogP contribution in [0.4, 0.5) is 5.69 Å². The summed E-state index contributed by atoms with van der Waals surface area (Å²) >= 11 is 10.3. The highest BCUT2D eigenvalue weighted by Crippen LogP contribution is 2.27. The second-order valence-electron chi connectivity index (χ2n) is 3.53. The smallest absolute Gasteiger partial charge is 0.339 e. The standard InChI is InChI=1S/C12H7BrClNO3S/c13-9-5-4-8(19-9)11(16)15-7-3-1-2-6(14)10(7)12(17)18/h1-5H,(H,15,16)(H,17,18). The number of hydrogen-bond acceptors (Lipinski definition) is 3. The van der Waals surface area contributed by atoms with E-state index in [2.05, 4.69) is 21.2 Å². The van der Waals surface area contributed by atoms with Gasteiger partial charge in [0, 0.05) is 0 Å². The predicted molar refractivity (Wildman–Crippen MR) is 78.4 cm³/mol. The molecule has 0 atom stereocenters. The monoisotopic (exact) mass is 359 g/mol. The van der Waals surface area contributed by atoms with Gasteiger partial charge in [0.1, 0.15) is 5.56 Å². The van der Waals surface area contributed by atoms with Crippen LogP contribution in [0.3, 0.4) is 0 Å². The molecule has 98 valence electrons. The third kappa shape index (κ3) is 3.15. The molecular weight excluding hydrogens is 354 g/mol. The van der Waals surface area contributed by atoms with Crippen molar-refractivity contribution >= 4 is 56.4 Å². The van der Waals surface area contributed by atoms with E-state index in [1.165, 1.54) is 23.5 Å². The van der Waals surface area contributed by atoms with Crippen molar-refractivity contribution in [2.24, 2.45) is 0 Å². The highest BCUT2D eigenvalue weighted by Gasteiger charge is 2.17. The lowest BCUT2D eigenvalue weighted by Crippen LogP contribution is -2.13. The fraction of sp³-hybridized carbons (Fsp3) is 0. The van der Waals surface area contributed by atoms with Gasteiger partial charge in [-0.25, -0.2) is 4.79 Å². The molecule has 0 spiro atoms. The third-order valence-corrected chi connectivity index (χ3v) is 4.21. The Labute approximate surface area is 126 Å². The second kappa shape index (κ2) is 5.73. The SMILES string of the molecule is O=C(Nc1cccc(Cl)c1C(=O)O)c1ccc(Br)s1. The van der Waals surface area contributed by atoms with Gasteiger partial charge in [0.15, 0.2) is 0 Å². The summed E-state index contributed by atoms with van der Waals surface area (Å²) in [5.74, 6) is -1.56. The van der Waals surface area contributed by atoms with E-state index in [0.29, 0.717) is 4.88 Å². The van der Waals surface area contributed by atoms with Crippen molar-refractivity contribution in [3.63, 3.8) is 0 Å². The molecule has 0 aliphatic rings. The number of carbonyl (C=O) groups excluding carboxylic acids is 1. The van der Waals surface area contributed by atoms with Gasteiger partial charge in [-0.3, -0.25) is 4.79 Å². The Morgan fingerprint density at radius 3 is 2.58 bits per heavy atom. The van der Waals surface area contributed by atoms with Crippen LogP contribution in [0.1, 0.15) is 20.0 Å². The van der Waals surface area contributed by atoms with Crippen molar-refractivity contribution in [1.29, 1.82) is 0 Å². The molecule has 7 heteroatoms. The maximum atomic E-state index is 12.0. The molecule has 1 aromatic heterocycles. The minimum Gasteiger partial charge on any atom is -0.478 e. The molecule has 0 radical (unpaired) electrons. The molecule has 0 bridgehead atoms. The predicted octanol–water partition coefficient (Wildman–Crippen LogP) is 4.11. The zero-order chi connectivity index (χ0) is 14.0. The largest absolute Gasteiger partial charge is 0.478 e. The van der Waals surface area contributed by atoms with E-state index in [1.807, 2.05) is 0 Å². The molecule has 1 amide bonds. The molecule has 4 nitrogen and oxygen atoms in total. The Morgan fingerprint density at radius 2 is 2.00 bits per heavy atom. The van der Waals surface area contributed by atoms with Crippen LogP contribution in [0.15, 0.2) is 34.1 Å². The van der Waals surface area contributed by atoms with Gasteiger partial charge in [-0.05, 0) is 40.2 Å². The molecule has 1 heterocycles. The summed E-state index contributed by atoms with van der Waals surface area (Å²) in [7, 11) is 0. The fourth-order valence-electron chi connectivity index (χ4n) is 1.47. The maximum Gasteiger partial charge on any atom is 0.339 e. The van der Waals surface area contributed by atoms with Crippen LogP contribution >= 0.6 is 38.9 Å². The fourth-order valence-corrected chi connectivity index (χ4v) is 3.00. The lowest BCUT2D eigenvalue weighted by molar-refractivity contribution is 0.0698. The van der Waals surface area contributed by atoms with Crippen LogP contribution in [-0.4, -0.2) is 17.0 Å².